The number of nitrogens with zero attached hydrogens (tertiary/aromatic N) is 1. The maximum Gasteiger partial charge on any atom is 0.410 e. The second-order valence-electron chi connectivity index (χ2n) is 6.07. The van der Waals surface area contributed by atoms with E-state index in [9.17, 15) is 15.0 Å². The number of aliphatic hydroxyl groups excluding tert-OH is 2. The maximum absolute atomic E-state index is 12.2. The van der Waals surface area contributed by atoms with Crippen molar-refractivity contribution in [1.82, 2.24) is 4.90 Å². The number of hydrogen-bond donors (Lipinski definition) is 2. The van der Waals surface area contributed by atoms with Gasteiger partial charge in [-0.05, 0) is 18.4 Å². The molecule has 2 aliphatic rings. The van der Waals surface area contributed by atoms with Gasteiger partial charge in [-0.15, -0.1) is 0 Å². The van der Waals surface area contributed by atoms with E-state index in [2.05, 4.69) is 0 Å². The fourth-order valence-electron chi connectivity index (χ4n) is 3.37. The van der Waals surface area contributed by atoms with E-state index in [0.29, 0.717) is 19.5 Å². The van der Waals surface area contributed by atoms with E-state index >= 15 is 0 Å². The zero-order chi connectivity index (χ0) is 14.9. The minimum absolute atomic E-state index is 0.244. The SMILES string of the molecule is O=C(OCc1ccccc1)N1CCCC2(C1)C(O)CC2O. The number of benzene rings is 1. The van der Waals surface area contributed by atoms with E-state index in [0.717, 1.165) is 18.4 Å². The van der Waals surface area contributed by atoms with Gasteiger partial charge >= 0.3 is 6.09 Å². The molecule has 0 aromatic heterocycles. The Morgan fingerprint density at radius 1 is 1.29 bits per heavy atom. The molecule has 5 heteroatoms. The van der Waals surface area contributed by atoms with Crippen molar-refractivity contribution in [1.29, 1.82) is 0 Å². The van der Waals surface area contributed by atoms with Crippen molar-refractivity contribution in [2.24, 2.45) is 5.41 Å². The van der Waals surface area contributed by atoms with Crippen LogP contribution in [0.5, 0.6) is 0 Å². The summed E-state index contributed by atoms with van der Waals surface area (Å²) in [6, 6.07) is 9.54. The van der Waals surface area contributed by atoms with Gasteiger partial charge in [-0.3, -0.25) is 0 Å². The van der Waals surface area contributed by atoms with E-state index in [1.165, 1.54) is 0 Å². The largest absolute Gasteiger partial charge is 0.445 e. The summed E-state index contributed by atoms with van der Waals surface area (Å²) in [5.74, 6) is 0. The molecule has 5 nitrogen and oxygen atoms in total. The van der Waals surface area contributed by atoms with Crippen molar-refractivity contribution in [2.45, 2.75) is 38.1 Å². The van der Waals surface area contributed by atoms with Crippen LogP contribution >= 0.6 is 0 Å². The van der Waals surface area contributed by atoms with Crippen LogP contribution in [-0.2, 0) is 11.3 Å². The van der Waals surface area contributed by atoms with Gasteiger partial charge in [0, 0.05) is 24.9 Å². The lowest BCUT2D eigenvalue weighted by Gasteiger charge is -2.55. The molecule has 1 spiro atoms. The molecule has 1 saturated heterocycles. The first-order valence-corrected chi connectivity index (χ1v) is 7.43. The average Bonchev–Trinajstić information content (AvgIpc) is 2.54. The van der Waals surface area contributed by atoms with Crippen LogP contribution in [0.1, 0.15) is 24.8 Å². The minimum Gasteiger partial charge on any atom is -0.445 e. The highest BCUT2D eigenvalue weighted by atomic mass is 16.6. The van der Waals surface area contributed by atoms with E-state index in [1.807, 2.05) is 30.3 Å². The van der Waals surface area contributed by atoms with Crippen LogP contribution < -0.4 is 0 Å². The summed E-state index contributed by atoms with van der Waals surface area (Å²) < 4.78 is 5.32. The smallest absolute Gasteiger partial charge is 0.410 e. The van der Waals surface area contributed by atoms with Gasteiger partial charge in [0.05, 0.1) is 12.2 Å². The summed E-state index contributed by atoms with van der Waals surface area (Å²) >= 11 is 0. The van der Waals surface area contributed by atoms with Crippen molar-refractivity contribution in [3.05, 3.63) is 35.9 Å². The van der Waals surface area contributed by atoms with E-state index in [1.54, 1.807) is 4.90 Å². The number of aliphatic hydroxyl groups is 2. The minimum atomic E-state index is -0.538. The summed E-state index contributed by atoms with van der Waals surface area (Å²) in [5, 5.41) is 19.9. The van der Waals surface area contributed by atoms with Gasteiger partial charge in [0.15, 0.2) is 0 Å². The highest BCUT2D eigenvalue weighted by molar-refractivity contribution is 5.68. The van der Waals surface area contributed by atoms with Crippen LogP contribution in [0, 0.1) is 5.41 Å². The van der Waals surface area contributed by atoms with Crippen molar-refractivity contribution in [3.63, 3.8) is 0 Å². The first-order chi connectivity index (χ1) is 10.1. The molecular formula is C16H21NO4. The van der Waals surface area contributed by atoms with Gasteiger partial charge in [0.2, 0.25) is 0 Å². The Balaban J connectivity index is 1.57. The number of rotatable bonds is 2. The molecule has 0 bridgehead atoms. The molecule has 2 N–H and O–H groups in total. The van der Waals surface area contributed by atoms with Crippen LogP contribution in [0.25, 0.3) is 0 Å². The van der Waals surface area contributed by atoms with Crippen LogP contribution in [-0.4, -0.2) is 46.5 Å². The van der Waals surface area contributed by atoms with Crippen molar-refractivity contribution < 1.29 is 19.7 Å². The summed E-state index contributed by atoms with van der Waals surface area (Å²) in [6.45, 7) is 1.24. The molecule has 1 amide bonds. The summed E-state index contributed by atoms with van der Waals surface area (Å²) in [6.07, 6.45) is 0.554. The monoisotopic (exact) mass is 291 g/mol. The first-order valence-electron chi connectivity index (χ1n) is 7.43. The Labute approximate surface area is 124 Å². The van der Waals surface area contributed by atoms with Crippen LogP contribution in [0.2, 0.25) is 0 Å². The highest BCUT2D eigenvalue weighted by Crippen LogP contribution is 2.47. The molecule has 2 unspecified atom stereocenters. The predicted octanol–water partition coefficient (Wildman–Crippen LogP) is 1.53. The van der Waals surface area contributed by atoms with Gasteiger partial charge < -0.3 is 19.8 Å². The second kappa shape index (κ2) is 5.66. The van der Waals surface area contributed by atoms with Crippen molar-refractivity contribution >= 4 is 6.09 Å². The first kappa shape index (κ1) is 14.4. The molecule has 1 aliphatic heterocycles. The summed E-state index contributed by atoms with van der Waals surface area (Å²) in [4.78, 5) is 13.8. The third-order valence-electron chi connectivity index (χ3n) is 4.79. The topological polar surface area (TPSA) is 70.0 Å². The van der Waals surface area contributed by atoms with Gasteiger partial charge in [-0.1, -0.05) is 30.3 Å². The highest BCUT2D eigenvalue weighted by Gasteiger charge is 2.56. The van der Waals surface area contributed by atoms with Crippen molar-refractivity contribution in [2.75, 3.05) is 13.1 Å². The van der Waals surface area contributed by atoms with Gasteiger partial charge in [-0.2, -0.15) is 0 Å². The number of carbonyl (C=O) groups is 1. The van der Waals surface area contributed by atoms with E-state index < -0.39 is 17.6 Å². The lowest BCUT2D eigenvalue weighted by atomic mass is 9.59. The van der Waals surface area contributed by atoms with E-state index in [4.69, 9.17) is 4.74 Å². The Morgan fingerprint density at radius 2 is 2.00 bits per heavy atom. The summed E-state index contributed by atoms with van der Waals surface area (Å²) in [5.41, 5.74) is 0.408. The molecule has 1 saturated carbocycles. The fourth-order valence-corrected chi connectivity index (χ4v) is 3.37. The lowest BCUT2D eigenvalue weighted by molar-refractivity contribution is -0.189. The van der Waals surface area contributed by atoms with Crippen LogP contribution in [0.3, 0.4) is 0 Å². The standard InChI is InChI=1S/C16H21NO4/c18-13-9-14(19)16(13)7-4-8-17(11-16)15(20)21-10-12-5-2-1-3-6-12/h1-3,5-6,13-14,18-19H,4,7-11H2. The maximum atomic E-state index is 12.2. The quantitative estimate of drug-likeness (QED) is 0.867. The molecule has 2 fully saturated rings. The Morgan fingerprint density at radius 3 is 2.67 bits per heavy atom. The zero-order valence-corrected chi connectivity index (χ0v) is 11.9. The van der Waals surface area contributed by atoms with Gasteiger partial charge in [0.25, 0.3) is 0 Å². The number of amides is 1. The third-order valence-corrected chi connectivity index (χ3v) is 4.79. The number of piperidine rings is 1. The molecule has 3 rings (SSSR count). The lowest BCUT2D eigenvalue weighted by Crippen LogP contribution is -2.64. The second-order valence-corrected chi connectivity index (χ2v) is 6.07. The van der Waals surface area contributed by atoms with Gasteiger partial charge in [0.1, 0.15) is 6.61 Å². The number of carbonyl (C=O) groups excluding carboxylic acids is 1. The molecule has 1 aliphatic carbocycles. The molecule has 1 heterocycles. The molecule has 2 atom stereocenters. The normalized spacial score (nSPS) is 31.8. The fraction of sp³-hybridized carbons (Fsp3) is 0.562. The summed E-state index contributed by atoms with van der Waals surface area (Å²) in [7, 11) is 0. The molecule has 114 valence electrons. The molecule has 0 radical (unpaired) electrons. The molecule has 1 aromatic rings. The van der Waals surface area contributed by atoms with Crippen molar-refractivity contribution in [3.8, 4) is 0 Å². The number of likely N-dealkylation sites (tertiary alicyclic amines) is 1. The van der Waals surface area contributed by atoms with Crippen LogP contribution in [0.4, 0.5) is 4.79 Å². The molecular weight excluding hydrogens is 270 g/mol. The predicted molar refractivity (Wildman–Crippen MR) is 76.5 cm³/mol. The Bertz CT molecular complexity index is 496. The average molecular weight is 291 g/mol. The molecule has 21 heavy (non-hydrogen) atoms. The third kappa shape index (κ3) is 2.63. The van der Waals surface area contributed by atoms with Gasteiger partial charge in [-0.25, -0.2) is 4.79 Å². The molecule has 1 aromatic carbocycles. The zero-order valence-electron chi connectivity index (χ0n) is 11.9. The van der Waals surface area contributed by atoms with E-state index in [-0.39, 0.29) is 12.7 Å². The number of hydrogen-bond acceptors (Lipinski definition) is 4. The Hall–Kier alpha value is -1.59. The Kier molecular flexibility index (Phi) is 3.87. The van der Waals surface area contributed by atoms with Crippen LogP contribution in [0.15, 0.2) is 30.3 Å². The number of ether oxygens (including phenoxy) is 1.